The summed E-state index contributed by atoms with van der Waals surface area (Å²) in [5.41, 5.74) is 0. The number of hydrogen-bond donors (Lipinski definition) is 0. The van der Waals surface area contributed by atoms with Crippen LogP contribution in [0.25, 0.3) is 0 Å². The van der Waals surface area contributed by atoms with Crippen LogP contribution in [-0.2, 0) is 0 Å². The highest BCUT2D eigenvalue weighted by atomic mass is 35.5. The van der Waals surface area contributed by atoms with Crippen molar-refractivity contribution >= 4 is 26.3 Å². The molecule has 0 bridgehead atoms. The lowest BCUT2D eigenvalue weighted by molar-refractivity contribution is 0.613. The van der Waals surface area contributed by atoms with Crippen LogP contribution in [0.4, 0.5) is 0 Å². The Labute approximate surface area is 88.1 Å². The average Bonchev–Trinajstić information content (AvgIpc) is 2.04. The third-order valence-electron chi connectivity index (χ3n) is 2.03. The van der Waals surface area contributed by atoms with Gasteiger partial charge in [0.15, 0.2) is 0 Å². The molecule has 0 saturated carbocycles. The van der Waals surface area contributed by atoms with Crippen molar-refractivity contribution in [1.29, 1.82) is 0 Å². The van der Waals surface area contributed by atoms with Gasteiger partial charge in [-0.1, -0.05) is 49.4 Å². The van der Waals surface area contributed by atoms with Gasteiger partial charge >= 0.3 is 0 Å². The second-order valence-electron chi connectivity index (χ2n) is 3.92. The molecule has 0 aliphatic carbocycles. The molecule has 0 aliphatic heterocycles. The van der Waals surface area contributed by atoms with Crippen molar-refractivity contribution < 1.29 is 0 Å². The van der Waals surface area contributed by atoms with Gasteiger partial charge in [-0.2, -0.15) is 0 Å². The minimum Gasteiger partial charge on any atom is -0.127 e. The van der Waals surface area contributed by atoms with E-state index in [-0.39, 0.29) is 9.52 Å². The van der Waals surface area contributed by atoms with Crippen molar-refractivity contribution in [1.82, 2.24) is 0 Å². The first-order valence-corrected chi connectivity index (χ1v) is 6.82. The number of halogens is 1. The van der Waals surface area contributed by atoms with Crippen molar-refractivity contribution in [3.8, 4) is 0 Å². The van der Waals surface area contributed by atoms with Crippen molar-refractivity contribution in [3.63, 3.8) is 0 Å². The summed E-state index contributed by atoms with van der Waals surface area (Å²) in [5, 5.41) is 1.89. The van der Waals surface area contributed by atoms with E-state index in [0.717, 1.165) is 12.3 Å². The molecule has 0 aliphatic rings. The molecule has 0 radical (unpaired) electrons. The van der Waals surface area contributed by atoms with Crippen LogP contribution in [0, 0.1) is 5.92 Å². The molecule has 1 unspecified atom stereocenters. The van der Waals surface area contributed by atoms with Crippen molar-refractivity contribution in [2.45, 2.75) is 25.3 Å². The Kier molecular flexibility index (Phi) is 4.53. The van der Waals surface area contributed by atoms with E-state index >= 15 is 0 Å². The zero-order valence-electron chi connectivity index (χ0n) is 8.33. The maximum atomic E-state index is 6.27. The van der Waals surface area contributed by atoms with E-state index < -0.39 is 0 Å². The molecule has 0 saturated heterocycles. The molecule has 0 aromatic heterocycles. The number of benzene rings is 1. The van der Waals surface area contributed by atoms with Crippen LogP contribution >= 0.6 is 11.6 Å². The minimum absolute atomic E-state index is 0.264. The fourth-order valence-electron chi connectivity index (χ4n) is 1.46. The van der Waals surface area contributed by atoms with Crippen LogP contribution in [-0.4, -0.2) is 14.5 Å². The quantitative estimate of drug-likeness (QED) is 0.530. The van der Waals surface area contributed by atoms with Gasteiger partial charge in [0, 0.05) is 5.00 Å². The molecule has 2 heteroatoms. The Hall–Kier alpha value is -0.273. The van der Waals surface area contributed by atoms with Gasteiger partial charge in [0.2, 0.25) is 0 Å². The van der Waals surface area contributed by atoms with Gasteiger partial charge in [-0.05, 0) is 12.3 Å². The summed E-state index contributed by atoms with van der Waals surface area (Å²) in [6.07, 6.45) is 1.16. The van der Waals surface area contributed by atoms with Crippen LogP contribution in [0.1, 0.15) is 20.3 Å². The maximum absolute atomic E-state index is 6.27. The number of rotatable bonds is 4. The molecule has 0 fully saturated rings. The highest BCUT2D eigenvalue weighted by molar-refractivity contribution is 6.64. The van der Waals surface area contributed by atoms with E-state index in [1.54, 1.807) is 0 Å². The molecule has 0 nitrogen and oxygen atoms in total. The van der Waals surface area contributed by atoms with Crippen molar-refractivity contribution in [2.24, 2.45) is 5.92 Å². The summed E-state index contributed by atoms with van der Waals surface area (Å²) in [6, 6.07) is 10.6. The Morgan fingerprint density at radius 3 is 2.38 bits per heavy atom. The predicted octanol–water partition coefficient (Wildman–Crippen LogP) is 2.09. The highest BCUT2D eigenvalue weighted by Gasteiger charge is 2.08. The zero-order chi connectivity index (χ0) is 9.68. The summed E-state index contributed by atoms with van der Waals surface area (Å²) in [4.78, 5) is 0. The van der Waals surface area contributed by atoms with Crippen LogP contribution < -0.4 is 5.19 Å². The standard InChI is InChI=1S/C11H17ClSi/c1-9(2)8-11(12)13-10-6-4-3-5-7-10/h3-7,9,11H,8,13H2,1-2H3. The van der Waals surface area contributed by atoms with Crippen LogP contribution in [0.3, 0.4) is 0 Å². The van der Waals surface area contributed by atoms with E-state index in [9.17, 15) is 0 Å². The Balaban J connectivity index is 2.41. The van der Waals surface area contributed by atoms with Crippen LogP contribution in [0.2, 0.25) is 0 Å². The molecule has 0 heterocycles. The van der Waals surface area contributed by atoms with Gasteiger partial charge in [-0.15, -0.1) is 11.6 Å². The van der Waals surface area contributed by atoms with Gasteiger partial charge in [-0.25, -0.2) is 0 Å². The third kappa shape index (κ3) is 4.49. The zero-order valence-corrected chi connectivity index (χ0v) is 10.5. The van der Waals surface area contributed by atoms with E-state index in [1.165, 1.54) is 5.19 Å². The normalized spacial score (nSPS) is 14.2. The van der Waals surface area contributed by atoms with E-state index in [2.05, 4.69) is 44.2 Å². The molecule has 1 atom stereocenters. The fraction of sp³-hybridized carbons (Fsp3) is 0.455. The van der Waals surface area contributed by atoms with Gasteiger partial charge in [0.25, 0.3) is 0 Å². The summed E-state index contributed by atoms with van der Waals surface area (Å²) in [5.74, 6) is 0.721. The largest absolute Gasteiger partial charge is 0.127 e. The first kappa shape index (κ1) is 10.8. The molecular weight excluding hydrogens is 196 g/mol. The molecule has 0 amide bonds. The SMILES string of the molecule is CC(C)CC(Cl)[SiH2]c1ccccc1. The van der Waals surface area contributed by atoms with Crippen molar-refractivity contribution in [3.05, 3.63) is 30.3 Å². The summed E-state index contributed by atoms with van der Waals surface area (Å²) < 4.78 is 0. The number of hydrogen-bond acceptors (Lipinski definition) is 0. The molecular formula is C11H17ClSi. The lowest BCUT2D eigenvalue weighted by Gasteiger charge is -2.10. The summed E-state index contributed by atoms with van der Waals surface area (Å²) in [6.45, 7) is 4.46. The average molecular weight is 213 g/mol. The van der Waals surface area contributed by atoms with Gasteiger partial charge in [0.1, 0.15) is 0 Å². The van der Waals surface area contributed by atoms with Crippen molar-refractivity contribution in [2.75, 3.05) is 0 Å². The lowest BCUT2D eigenvalue weighted by atomic mass is 10.2. The van der Waals surface area contributed by atoms with Gasteiger partial charge in [0.05, 0.1) is 9.52 Å². The monoisotopic (exact) mass is 212 g/mol. The molecule has 0 N–H and O–H groups in total. The second-order valence-corrected chi connectivity index (χ2v) is 7.26. The highest BCUT2D eigenvalue weighted by Crippen LogP contribution is 2.08. The molecule has 1 rings (SSSR count). The summed E-state index contributed by atoms with van der Waals surface area (Å²) in [7, 11) is -0.264. The lowest BCUT2D eigenvalue weighted by Crippen LogP contribution is -2.24. The maximum Gasteiger partial charge on any atom is 0.0753 e. The second kappa shape index (κ2) is 5.46. The Bertz CT molecular complexity index is 233. The predicted molar refractivity (Wildman–Crippen MR) is 63.7 cm³/mol. The van der Waals surface area contributed by atoms with Crippen LogP contribution in [0.5, 0.6) is 0 Å². The Morgan fingerprint density at radius 2 is 1.85 bits per heavy atom. The molecule has 0 spiro atoms. The van der Waals surface area contributed by atoms with Crippen LogP contribution in [0.15, 0.2) is 30.3 Å². The Morgan fingerprint density at radius 1 is 1.23 bits per heavy atom. The molecule has 72 valence electrons. The van der Waals surface area contributed by atoms with E-state index in [1.807, 2.05) is 0 Å². The first-order chi connectivity index (χ1) is 6.18. The van der Waals surface area contributed by atoms with E-state index in [4.69, 9.17) is 11.6 Å². The molecule has 1 aromatic rings. The van der Waals surface area contributed by atoms with Gasteiger partial charge < -0.3 is 0 Å². The smallest absolute Gasteiger partial charge is 0.0753 e. The fourth-order valence-corrected chi connectivity index (χ4v) is 4.24. The first-order valence-electron chi connectivity index (χ1n) is 4.86. The topological polar surface area (TPSA) is 0 Å². The third-order valence-corrected chi connectivity index (χ3v) is 4.39. The number of alkyl halides is 1. The minimum atomic E-state index is -0.264. The van der Waals surface area contributed by atoms with Gasteiger partial charge in [-0.3, -0.25) is 0 Å². The van der Waals surface area contributed by atoms with E-state index in [0.29, 0.717) is 5.00 Å². The molecule has 13 heavy (non-hydrogen) atoms. The summed E-state index contributed by atoms with van der Waals surface area (Å²) >= 11 is 6.27. The molecule has 1 aromatic carbocycles.